The second-order valence-electron chi connectivity index (χ2n) is 7.80. The molecule has 1 aliphatic carbocycles. The van der Waals surface area contributed by atoms with Crippen molar-refractivity contribution in [1.82, 2.24) is 0 Å². The van der Waals surface area contributed by atoms with Crippen LogP contribution in [0.25, 0.3) is 0 Å². The standard InChI is InChI=1S/C28H32/c1-5-7-11-24(6-2)28(25-12-9-8-10-13-25,26-18-14-22(3)15-19-26)27-20-16-23(4)17-21-27/h5-7,11-12,14-21H,1,8-10,13H2,2-4H3/b11-7-,24-6+. The van der Waals surface area contributed by atoms with Crippen molar-refractivity contribution >= 4 is 0 Å². The second-order valence-corrected chi connectivity index (χ2v) is 7.80. The van der Waals surface area contributed by atoms with Crippen LogP contribution in [0, 0.1) is 13.8 Å². The van der Waals surface area contributed by atoms with E-state index in [1.807, 2.05) is 6.08 Å². The summed E-state index contributed by atoms with van der Waals surface area (Å²) < 4.78 is 0. The van der Waals surface area contributed by atoms with Crippen LogP contribution in [0.4, 0.5) is 0 Å². The monoisotopic (exact) mass is 368 g/mol. The van der Waals surface area contributed by atoms with Crippen LogP contribution in [0.1, 0.15) is 54.9 Å². The third-order valence-corrected chi connectivity index (χ3v) is 5.90. The van der Waals surface area contributed by atoms with Crippen LogP contribution in [-0.4, -0.2) is 0 Å². The van der Waals surface area contributed by atoms with Crippen LogP contribution in [0.15, 0.2) is 96.6 Å². The fourth-order valence-electron chi connectivity index (χ4n) is 4.45. The molecule has 144 valence electrons. The highest BCUT2D eigenvalue weighted by atomic mass is 14.4. The minimum atomic E-state index is -0.254. The SMILES string of the molecule is C=C/C=C\C(=C/C)C(C1=CCCCC1)(c1ccc(C)cc1)c1ccc(C)cc1. The molecule has 0 heteroatoms. The van der Waals surface area contributed by atoms with Crippen molar-refractivity contribution in [1.29, 1.82) is 0 Å². The Morgan fingerprint density at radius 1 is 0.893 bits per heavy atom. The van der Waals surface area contributed by atoms with Crippen LogP contribution < -0.4 is 0 Å². The highest BCUT2D eigenvalue weighted by Gasteiger charge is 2.40. The molecule has 0 nitrogen and oxygen atoms in total. The van der Waals surface area contributed by atoms with E-state index >= 15 is 0 Å². The molecule has 28 heavy (non-hydrogen) atoms. The van der Waals surface area contributed by atoms with Gasteiger partial charge in [0.1, 0.15) is 0 Å². The summed E-state index contributed by atoms with van der Waals surface area (Å²) in [7, 11) is 0. The van der Waals surface area contributed by atoms with Crippen molar-refractivity contribution < 1.29 is 0 Å². The van der Waals surface area contributed by atoms with Gasteiger partial charge in [0, 0.05) is 0 Å². The van der Waals surface area contributed by atoms with Gasteiger partial charge in [-0.2, -0.15) is 0 Å². The molecule has 0 unspecified atom stereocenters. The van der Waals surface area contributed by atoms with Crippen molar-refractivity contribution in [2.24, 2.45) is 0 Å². The van der Waals surface area contributed by atoms with E-state index < -0.39 is 0 Å². The van der Waals surface area contributed by atoms with Gasteiger partial charge in [0.25, 0.3) is 0 Å². The van der Waals surface area contributed by atoms with Gasteiger partial charge < -0.3 is 0 Å². The van der Waals surface area contributed by atoms with Crippen molar-refractivity contribution in [3.8, 4) is 0 Å². The van der Waals surface area contributed by atoms with Crippen LogP contribution in [0.5, 0.6) is 0 Å². The summed E-state index contributed by atoms with van der Waals surface area (Å²) in [6.07, 6.45) is 15.8. The Balaban J connectivity index is 2.38. The molecular weight excluding hydrogens is 336 g/mol. The van der Waals surface area contributed by atoms with Crippen LogP contribution >= 0.6 is 0 Å². The lowest BCUT2D eigenvalue weighted by molar-refractivity contribution is 0.603. The molecule has 0 N–H and O–H groups in total. The van der Waals surface area contributed by atoms with E-state index in [0.29, 0.717) is 0 Å². The lowest BCUT2D eigenvalue weighted by Crippen LogP contribution is -2.33. The number of allylic oxidation sites excluding steroid dienone is 7. The van der Waals surface area contributed by atoms with Gasteiger partial charge >= 0.3 is 0 Å². The molecule has 0 aromatic heterocycles. The predicted octanol–water partition coefficient (Wildman–Crippen LogP) is 7.78. The third-order valence-electron chi connectivity index (χ3n) is 5.90. The van der Waals surface area contributed by atoms with Crippen molar-refractivity contribution in [2.45, 2.75) is 51.9 Å². The molecule has 3 rings (SSSR count). The van der Waals surface area contributed by atoms with E-state index in [1.165, 1.54) is 46.2 Å². The van der Waals surface area contributed by atoms with Gasteiger partial charge in [-0.1, -0.05) is 102 Å². The molecule has 0 spiro atoms. The zero-order valence-electron chi connectivity index (χ0n) is 17.5. The Bertz CT molecular complexity index is 841. The molecule has 0 bridgehead atoms. The molecule has 0 amide bonds. The van der Waals surface area contributed by atoms with E-state index in [-0.39, 0.29) is 5.41 Å². The van der Waals surface area contributed by atoms with Gasteiger partial charge in [0.15, 0.2) is 0 Å². The summed E-state index contributed by atoms with van der Waals surface area (Å²) in [5, 5.41) is 0. The Labute approximate surface area is 171 Å². The summed E-state index contributed by atoms with van der Waals surface area (Å²) in [5.74, 6) is 0. The zero-order valence-corrected chi connectivity index (χ0v) is 17.5. The minimum absolute atomic E-state index is 0.254. The fraction of sp³-hybridized carbons (Fsp3) is 0.286. The van der Waals surface area contributed by atoms with Gasteiger partial charge in [0.2, 0.25) is 0 Å². The molecule has 0 atom stereocenters. The smallest absolute Gasteiger partial charge is 0.0658 e. The van der Waals surface area contributed by atoms with Crippen molar-refractivity contribution in [2.75, 3.05) is 0 Å². The summed E-state index contributed by atoms with van der Waals surface area (Å²) >= 11 is 0. The van der Waals surface area contributed by atoms with Gasteiger partial charge in [-0.15, -0.1) is 0 Å². The fourth-order valence-corrected chi connectivity index (χ4v) is 4.45. The quantitative estimate of drug-likeness (QED) is 0.361. The Hall–Kier alpha value is -2.60. The zero-order chi connectivity index (χ0) is 20.0. The Morgan fingerprint density at radius 2 is 1.46 bits per heavy atom. The Kier molecular flexibility index (Phi) is 6.52. The van der Waals surface area contributed by atoms with Crippen molar-refractivity contribution in [3.05, 3.63) is 119 Å². The summed E-state index contributed by atoms with van der Waals surface area (Å²) in [4.78, 5) is 0. The maximum Gasteiger partial charge on any atom is 0.0658 e. The Morgan fingerprint density at radius 3 is 1.89 bits per heavy atom. The maximum atomic E-state index is 3.90. The summed E-state index contributed by atoms with van der Waals surface area (Å²) in [5.41, 5.74) is 7.86. The lowest BCUT2D eigenvalue weighted by atomic mass is 9.62. The molecule has 0 aliphatic heterocycles. The second kappa shape index (κ2) is 9.06. The molecule has 0 saturated carbocycles. The van der Waals surface area contributed by atoms with E-state index in [9.17, 15) is 0 Å². The van der Waals surface area contributed by atoms with Gasteiger partial charge in [-0.3, -0.25) is 0 Å². The van der Waals surface area contributed by atoms with Crippen molar-refractivity contribution in [3.63, 3.8) is 0 Å². The van der Waals surface area contributed by atoms with E-state index in [2.05, 4.69) is 100 Å². The first-order valence-corrected chi connectivity index (χ1v) is 10.4. The number of aryl methyl sites for hydroxylation is 2. The van der Waals surface area contributed by atoms with Crippen LogP contribution in [0.2, 0.25) is 0 Å². The number of benzene rings is 2. The first-order valence-electron chi connectivity index (χ1n) is 10.4. The summed E-state index contributed by atoms with van der Waals surface area (Å²) in [6, 6.07) is 18.2. The molecular formula is C28H32. The van der Waals surface area contributed by atoms with Gasteiger partial charge in [-0.05, 0) is 63.2 Å². The molecule has 1 aliphatic rings. The van der Waals surface area contributed by atoms with Crippen LogP contribution in [0.3, 0.4) is 0 Å². The topological polar surface area (TPSA) is 0 Å². The van der Waals surface area contributed by atoms with Gasteiger partial charge in [0.05, 0.1) is 5.41 Å². The third kappa shape index (κ3) is 3.83. The van der Waals surface area contributed by atoms with Crippen LogP contribution in [-0.2, 0) is 5.41 Å². The number of rotatable bonds is 6. The molecule has 0 heterocycles. The highest BCUT2D eigenvalue weighted by molar-refractivity contribution is 5.61. The minimum Gasteiger partial charge on any atom is -0.0991 e. The molecule has 0 fully saturated rings. The maximum absolute atomic E-state index is 3.90. The average Bonchev–Trinajstić information content (AvgIpc) is 2.73. The van der Waals surface area contributed by atoms with E-state index in [0.717, 1.165) is 12.8 Å². The molecule has 0 saturated heterocycles. The number of hydrogen-bond donors (Lipinski definition) is 0. The number of hydrogen-bond acceptors (Lipinski definition) is 0. The molecule has 2 aromatic rings. The molecule has 0 radical (unpaired) electrons. The summed E-state index contributed by atoms with van der Waals surface area (Å²) in [6.45, 7) is 10.4. The molecule has 2 aromatic carbocycles. The highest BCUT2D eigenvalue weighted by Crippen LogP contribution is 2.49. The first kappa shape index (κ1) is 20.1. The van der Waals surface area contributed by atoms with E-state index in [1.54, 1.807) is 0 Å². The average molecular weight is 369 g/mol. The largest absolute Gasteiger partial charge is 0.0991 e. The lowest BCUT2D eigenvalue weighted by Gasteiger charge is -2.41. The van der Waals surface area contributed by atoms with Gasteiger partial charge in [-0.25, -0.2) is 0 Å². The van der Waals surface area contributed by atoms with E-state index in [4.69, 9.17) is 0 Å². The normalized spacial score (nSPS) is 15.5. The predicted molar refractivity (Wildman–Crippen MR) is 123 cm³/mol. The first-order chi connectivity index (χ1) is 13.6.